The molecule has 1 rings (SSSR count). The average Bonchev–Trinajstić information content (AvgIpc) is 2.26. The Bertz CT molecular complexity index is 362. The third-order valence-corrected chi connectivity index (χ3v) is 1.92. The Labute approximate surface area is 92.8 Å². The molecular weight excluding hydrogens is 216 g/mol. The van der Waals surface area contributed by atoms with Crippen molar-refractivity contribution in [3.8, 4) is 0 Å². The standard InChI is InChI=1S/C10H11ClN2O2/c1-7(13-15-10(14)12-2)8-3-5-9(11)6-4-8/h3-6,13H,1H2,2H3,(H,12,14). The zero-order valence-electron chi connectivity index (χ0n) is 8.21. The Balaban J connectivity index is 2.54. The van der Waals surface area contributed by atoms with Crippen LogP contribution in [-0.2, 0) is 4.84 Å². The van der Waals surface area contributed by atoms with Crippen LogP contribution in [0.4, 0.5) is 4.79 Å². The summed E-state index contributed by atoms with van der Waals surface area (Å²) in [4.78, 5) is 15.3. The monoisotopic (exact) mass is 226 g/mol. The number of hydroxylamine groups is 1. The van der Waals surface area contributed by atoms with Crippen LogP contribution in [0.25, 0.3) is 5.70 Å². The molecule has 0 aliphatic rings. The van der Waals surface area contributed by atoms with Gasteiger partial charge in [0.15, 0.2) is 0 Å². The molecule has 80 valence electrons. The van der Waals surface area contributed by atoms with E-state index in [-0.39, 0.29) is 0 Å². The SMILES string of the molecule is C=C(NOC(=O)NC)c1ccc(Cl)cc1. The van der Waals surface area contributed by atoms with Gasteiger partial charge >= 0.3 is 6.09 Å². The molecule has 0 aromatic heterocycles. The molecule has 0 heterocycles. The van der Waals surface area contributed by atoms with Crippen molar-refractivity contribution in [2.45, 2.75) is 0 Å². The largest absolute Gasteiger partial charge is 0.431 e. The van der Waals surface area contributed by atoms with Gasteiger partial charge in [-0.2, -0.15) is 0 Å². The lowest BCUT2D eigenvalue weighted by molar-refractivity contribution is 0.118. The normalized spacial score (nSPS) is 9.20. The number of carbonyl (C=O) groups excluding carboxylic acids is 1. The molecule has 0 fully saturated rings. The van der Waals surface area contributed by atoms with E-state index < -0.39 is 6.09 Å². The third-order valence-electron chi connectivity index (χ3n) is 1.66. The van der Waals surface area contributed by atoms with Gasteiger partial charge in [0.05, 0.1) is 5.70 Å². The van der Waals surface area contributed by atoms with Gasteiger partial charge < -0.3 is 10.2 Å². The quantitative estimate of drug-likeness (QED) is 0.777. The van der Waals surface area contributed by atoms with Crippen LogP contribution in [0, 0.1) is 0 Å². The first-order chi connectivity index (χ1) is 7.13. The minimum atomic E-state index is -0.579. The molecular formula is C10H11ClN2O2. The Morgan fingerprint density at radius 2 is 2.00 bits per heavy atom. The summed E-state index contributed by atoms with van der Waals surface area (Å²) >= 11 is 5.72. The molecule has 0 aliphatic carbocycles. The molecule has 15 heavy (non-hydrogen) atoms. The molecule has 0 aliphatic heterocycles. The van der Waals surface area contributed by atoms with Crippen LogP contribution < -0.4 is 10.8 Å². The Kier molecular flexibility index (Phi) is 4.00. The molecule has 0 unspecified atom stereocenters. The lowest BCUT2D eigenvalue weighted by Gasteiger charge is -2.08. The highest BCUT2D eigenvalue weighted by Gasteiger charge is 2.01. The van der Waals surface area contributed by atoms with Gasteiger partial charge in [-0.05, 0) is 12.1 Å². The maximum atomic E-state index is 10.7. The summed E-state index contributed by atoms with van der Waals surface area (Å²) in [6.07, 6.45) is -0.579. The fourth-order valence-corrected chi connectivity index (χ4v) is 0.995. The first-order valence-electron chi connectivity index (χ1n) is 4.23. The zero-order chi connectivity index (χ0) is 11.3. The summed E-state index contributed by atoms with van der Waals surface area (Å²) < 4.78 is 0. The van der Waals surface area contributed by atoms with Crippen LogP contribution in [0.1, 0.15) is 5.56 Å². The minimum Gasteiger partial charge on any atom is -0.324 e. The number of halogens is 1. The number of hydrogen-bond donors (Lipinski definition) is 2. The lowest BCUT2D eigenvalue weighted by atomic mass is 10.2. The van der Waals surface area contributed by atoms with E-state index in [0.717, 1.165) is 5.56 Å². The van der Waals surface area contributed by atoms with Crippen LogP contribution in [0.15, 0.2) is 30.8 Å². The molecule has 0 radical (unpaired) electrons. The van der Waals surface area contributed by atoms with Gasteiger partial charge in [0, 0.05) is 17.6 Å². The predicted octanol–water partition coefficient (Wildman–Crippen LogP) is 2.17. The highest BCUT2D eigenvalue weighted by Crippen LogP contribution is 2.13. The van der Waals surface area contributed by atoms with Crippen molar-refractivity contribution < 1.29 is 9.63 Å². The Hall–Kier alpha value is -1.68. The number of nitrogens with one attached hydrogen (secondary N) is 2. The maximum absolute atomic E-state index is 10.7. The number of benzene rings is 1. The molecule has 5 heteroatoms. The van der Waals surface area contributed by atoms with E-state index in [4.69, 9.17) is 11.6 Å². The molecule has 2 N–H and O–H groups in total. The second kappa shape index (κ2) is 5.26. The Morgan fingerprint density at radius 3 is 2.53 bits per heavy atom. The zero-order valence-corrected chi connectivity index (χ0v) is 8.97. The van der Waals surface area contributed by atoms with Crippen molar-refractivity contribution in [3.05, 3.63) is 41.4 Å². The van der Waals surface area contributed by atoms with E-state index in [9.17, 15) is 4.79 Å². The minimum absolute atomic E-state index is 0.482. The van der Waals surface area contributed by atoms with Crippen molar-refractivity contribution in [3.63, 3.8) is 0 Å². The van der Waals surface area contributed by atoms with Crippen LogP contribution >= 0.6 is 11.6 Å². The first-order valence-corrected chi connectivity index (χ1v) is 4.60. The van der Waals surface area contributed by atoms with Crippen molar-refractivity contribution in [1.82, 2.24) is 10.8 Å². The first kappa shape index (κ1) is 11.4. The summed E-state index contributed by atoms with van der Waals surface area (Å²) in [5, 5.41) is 2.93. The van der Waals surface area contributed by atoms with E-state index >= 15 is 0 Å². The van der Waals surface area contributed by atoms with Crippen molar-refractivity contribution in [1.29, 1.82) is 0 Å². The lowest BCUT2D eigenvalue weighted by Crippen LogP contribution is -2.26. The maximum Gasteiger partial charge on any atom is 0.431 e. The van der Waals surface area contributed by atoms with Gasteiger partial charge in [-0.15, -0.1) is 0 Å². The van der Waals surface area contributed by atoms with Crippen molar-refractivity contribution in [2.75, 3.05) is 7.05 Å². The number of hydrogen-bond acceptors (Lipinski definition) is 3. The predicted molar refractivity (Wildman–Crippen MR) is 59.2 cm³/mol. The summed E-state index contributed by atoms with van der Waals surface area (Å²) in [6, 6.07) is 6.99. The number of amides is 1. The third kappa shape index (κ3) is 3.52. The van der Waals surface area contributed by atoms with E-state index in [1.54, 1.807) is 24.3 Å². The van der Waals surface area contributed by atoms with Gasteiger partial charge in [0.25, 0.3) is 0 Å². The van der Waals surface area contributed by atoms with Gasteiger partial charge in [-0.25, -0.2) is 10.3 Å². The highest BCUT2D eigenvalue weighted by atomic mass is 35.5. The summed E-state index contributed by atoms with van der Waals surface area (Å²) in [6.45, 7) is 3.70. The second-order valence-corrected chi connectivity index (χ2v) is 3.16. The van der Waals surface area contributed by atoms with Crippen LogP contribution in [0.5, 0.6) is 0 Å². The van der Waals surface area contributed by atoms with Gasteiger partial charge in [-0.1, -0.05) is 30.3 Å². The summed E-state index contributed by atoms with van der Waals surface area (Å²) in [5.41, 5.74) is 3.70. The second-order valence-electron chi connectivity index (χ2n) is 2.73. The number of rotatable bonds is 3. The molecule has 4 nitrogen and oxygen atoms in total. The van der Waals surface area contributed by atoms with E-state index in [2.05, 4.69) is 22.2 Å². The van der Waals surface area contributed by atoms with Crippen molar-refractivity contribution in [2.24, 2.45) is 0 Å². The molecule has 0 saturated heterocycles. The highest BCUT2D eigenvalue weighted by molar-refractivity contribution is 6.30. The smallest absolute Gasteiger partial charge is 0.324 e. The van der Waals surface area contributed by atoms with Gasteiger partial charge in [-0.3, -0.25) is 0 Å². The molecule has 0 atom stereocenters. The summed E-state index contributed by atoms with van der Waals surface area (Å²) in [5.74, 6) is 0. The fraction of sp³-hybridized carbons (Fsp3) is 0.100. The Morgan fingerprint density at radius 1 is 1.40 bits per heavy atom. The molecule has 1 aromatic rings. The van der Waals surface area contributed by atoms with E-state index in [1.807, 2.05) is 0 Å². The molecule has 0 spiro atoms. The topological polar surface area (TPSA) is 50.4 Å². The van der Waals surface area contributed by atoms with Gasteiger partial charge in [0.1, 0.15) is 0 Å². The summed E-state index contributed by atoms with van der Waals surface area (Å²) in [7, 11) is 1.47. The molecule has 0 bridgehead atoms. The average molecular weight is 227 g/mol. The molecule has 1 aromatic carbocycles. The van der Waals surface area contributed by atoms with Crippen LogP contribution in [0.2, 0.25) is 5.02 Å². The molecule has 0 saturated carbocycles. The fourth-order valence-electron chi connectivity index (χ4n) is 0.869. The van der Waals surface area contributed by atoms with Gasteiger partial charge in [0.2, 0.25) is 0 Å². The van der Waals surface area contributed by atoms with Crippen LogP contribution in [0.3, 0.4) is 0 Å². The number of carbonyl (C=O) groups is 1. The van der Waals surface area contributed by atoms with E-state index in [0.29, 0.717) is 10.7 Å². The van der Waals surface area contributed by atoms with E-state index in [1.165, 1.54) is 7.05 Å². The molecule has 1 amide bonds. The van der Waals surface area contributed by atoms with Crippen molar-refractivity contribution >= 4 is 23.4 Å². The van der Waals surface area contributed by atoms with Crippen LogP contribution in [-0.4, -0.2) is 13.1 Å².